The zero-order chi connectivity index (χ0) is 23.2. The summed E-state index contributed by atoms with van der Waals surface area (Å²) in [6.07, 6.45) is 6.65. The normalized spacial score (nSPS) is 11.2. The van der Waals surface area contributed by atoms with E-state index in [9.17, 15) is 4.79 Å². The van der Waals surface area contributed by atoms with E-state index in [-0.39, 0.29) is 5.97 Å². The predicted molar refractivity (Wildman–Crippen MR) is 135 cm³/mol. The summed E-state index contributed by atoms with van der Waals surface area (Å²) >= 11 is 0. The second-order valence-corrected chi connectivity index (χ2v) is 7.92. The van der Waals surface area contributed by atoms with Gasteiger partial charge in [0.2, 0.25) is 0 Å². The average molecular weight is 439 g/mol. The minimum Gasteiger partial charge on any atom is -0.465 e. The Balaban J connectivity index is 1.94. The summed E-state index contributed by atoms with van der Waals surface area (Å²) < 4.78 is 4.72. The molecule has 6 heteroatoms. The number of unbranched alkanes of at least 4 members (excludes halogenated alkanes) is 2. The molecular formula is C26H38N4O2. The molecule has 0 unspecified atom stereocenters. The SMILES string of the molecule is CCCCN(CCCC)Cc1ccc(NC=NCc2ccc(C(=O)OC)cc2)c(NC)c1. The number of nitrogens with zero attached hydrogens (tertiary/aromatic N) is 2. The second kappa shape index (κ2) is 14.2. The Morgan fingerprint density at radius 3 is 2.25 bits per heavy atom. The van der Waals surface area contributed by atoms with Crippen LogP contribution < -0.4 is 10.6 Å². The molecule has 2 rings (SSSR count). The number of ether oxygens (including phenoxy) is 1. The van der Waals surface area contributed by atoms with Gasteiger partial charge in [-0.1, -0.05) is 44.9 Å². The Labute approximate surface area is 193 Å². The minimum absolute atomic E-state index is 0.330. The smallest absolute Gasteiger partial charge is 0.337 e. The van der Waals surface area contributed by atoms with Gasteiger partial charge in [-0.05, 0) is 61.3 Å². The van der Waals surface area contributed by atoms with E-state index in [1.54, 1.807) is 18.5 Å². The number of methoxy groups -OCH3 is 1. The molecule has 6 nitrogen and oxygen atoms in total. The number of anilines is 2. The van der Waals surface area contributed by atoms with Gasteiger partial charge in [0, 0.05) is 13.6 Å². The molecule has 0 bridgehead atoms. The van der Waals surface area contributed by atoms with Crippen LogP contribution in [0, 0.1) is 0 Å². The van der Waals surface area contributed by atoms with Crippen LogP contribution in [0.3, 0.4) is 0 Å². The molecule has 0 radical (unpaired) electrons. The number of rotatable bonds is 14. The highest BCUT2D eigenvalue weighted by Crippen LogP contribution is 2.23. The number of benzene rings is 2. The molecule has 0 heterocycles. The number of hydrogen-bond acceptors (Lipinski definition) is 5. The summed E-state index contributed by atoms with van der Waals surface area (Å²) in [5.41, 5.74) is 4.94. The van der Waals surface area contributed by atoms with Gasteiger partial charge in [-0.2, -0.15) is 0 Å². The van der Waals surface area contributed by atoms with E-state index in [0.29, 0.717) is 12.1 Å². The highest BCUT2D eigenvalue weighted by Gasteiger charge is 2.08. The van der Waals surface area contributed by atoms with Crippen LogP contribution >= 0.6 is 0 Å². The topological polar surface area (TPSA) is 66.0 Å². The summed E-state index contributed by atoms with van der Waals surface area (Å²) in [4.78, 5) is 18.5. The number of hydrogen-bond donors (Lipinski definition) is 2. The number of carbonyl (C=O) groups excluding carboxylic acids is 1. The fourth-order valence-electron chi connectivity index (χ4n) is 3.44. The lowest BCUT2D eigenvalue weighted by molar-refractivity contribution is 0.0600. The van der Waals surface area contributed by atoms with Crippen LogP contribution in [0.25, 0.3) is 0 Å². The number of carbonyl (C=O) groups is 1. The zero-order valence-electron chi connectivity index (χ0n) is 20.0. The van der Waals surface area contributed by atoms with E-state index in [1.165, 1.54) is 38.4 Å². The molecule has 0 aliphatic rings. The van der Waals surface area contributed by atoms with Crippen molar-refractivity contribution in [2.45, 2.75) is 52.6 Å². The molecule has 0 saturated heterocycles. The number of nitrogens with one attached hydrogen (secondary N) is 2. The molecule has 0 aliphatic heterocycles. The first-order chi connectivity index (χ1) is 15.6. The van der Waals surface area contributed by atoms with Crippen LogP contribution in [0.15, 0.2) is 47.5 Å². The molecule has 174 valence electrons. The van der Waals surface area contributed by atoms with E-state index in [4.69, 9.17) is 4.74 Å². The van der Waals surface area contributed by atoms with Crippen molar-refractivity contribution in [2.75, 3.05) is 37.9 Å². The van der Waals surface area contributed by atoms with Crippen molar-refractivity contribution < 1.29 is 9.53 Å². The summed E-state index contributed by atoms with van der Waals surface area (Å²) in [6, 6.07) is 13.8. The minimum atomic E-state index is -0.330. The number of esters is 1. The molecule has 0 aliphatic carbocycles. The molecule has 0 saturated carbocycles. The largest absolute Gasteiger partial charge is 0.465 e. The van der Waals surface area contributed by atoms with Crippen LogP contribution in [0.4, 0.5) is 11.4 Å². The Hall–Kier alpha value is -2.86. The van der Waals surface area contributed by atoms with E-state index in [1.807, 2.05) is 19.2 Å². The predicted octanol–water partition coefficient (Wildman–Crippen LogP) is 5.56. The molecule has 0 atom stereocenters. The van der Waals surface area contributed by atoms with Gasteiger partial charge < -0.3 is 15.4 Å². The summed E-state index contributed by atoms with van der Waals surface area (Å²) in [5.74, 6) is -0.330. The lowest BCUT2D eigenvalue weighted by Gasteiger charge is -2.22. The van der Waals surface area contributed by atoms with Crippen molar-refractivity contribution in [2.24, 2.45) is 4.99 Å². The van der Waals surface area contributed by atoms with E-state index in [0.717, 1.165) is 36.6 Å². The third kappa shape index (κ3) is 8.35. The third-order valence-electron chi connectivity index (χ3n) is 5.38. The van der Waals surface area contributed by atoms with Crippen LogP contribution in [-0.2, 0) is 17.8 Å². The Morgan fingerprint density at radius 2 is 1.66 bits per heavy atom. The van der Waals surface area contributed by atoms with Gasteiger partial charge in [0.1, 0.15) is 0 Å². The van der Waals surface area contributed by atoms with Gasteiger partial charge in [0.25, 0.3) is 0 Å². The molecule has 32 heavy (non-hydrogen) atoms. The van der Waals surface area contributed by atoms with Crippen LogP contribution in [0.2, 0.25) is 0 Å². The Kier molecular flexibility index (Phi) is 11.3. The van der Waals surface area contributed by atoms with Gasteiger partial charge in [0.05, 0.1) is 36.9 Å². The first-order valence-electron chi connectivity index (χ1n) is 11.6. The maximum atomic E-state index is 11.5. The highest BCUT2D eigenvalue weighted by atomic mass is 16.5. The van der Waals surface area contributed by atoms with Crippen LogP contribution in [0.5, 0.6) is 0 Å². The molecule has 2 aromatic carbocycles. The molecule has 0 spiro atoms. The molecule has 0 amide bonds. The van der Waals surface area contributed by atoms with Crippen molar-refractivity contribution in [3.05, 3.63) is 59.2 Å². The number of aliphatic imine (C=N–C) groups is 1. The van der Waals surface area contributed by atoms with E-state index in [2.05, 4.69) is 52.6 Å². The van der Waals surface area contributed by atoms with Crippen molar-refractivity contribution >= 4 is 23.7 Å². The van der Waals surface area contributed by atoms with Gasteiger partial charge in [-0.3, -0.25) is 9.89 Å². The van der Waals surface area contributed by atoms with Gasteiger partial charge >= 0.3 is 5.97 Å². The Morgan fingerprint density at radius 1 is 1.00 bits per heavy atom. The molecular weight excluding hydrogens is 400 g/mol. The first kappa shape index (κ1) is 25.4. The quantitative estimate of drug-likeness (QED) is 0.230. The maximum absolute atomic E-state index is 11.5. The van der Waals surface area contributed by atoms with Crippen molar-refractivity contribution in [1.29, 1.82) is 0 Å². The highest BCUT2D eigenvalue weighted by molar-refractivity contribution is 5.89. The van der Waals surface area contributed by atoms with E-state index < -0.39 is 0 Å². The molecule has 0 aromatic heterocycles. The first-order valence-corrected chi connectivity index (χ1v) is 11.6. The fraction of sp³-hybridized carbons (Fsp3) is 0.462. The maximum Gasteiger partial charge on any atom is 0.337 e. The molecule has 2 N–H and O–H groups in total. The lowest BCUT2D eigenvalue weighted by atomic mass is 10.1. The lowest BCUT2D eigenvalue weighted by Crippen LogP contribution is -2.25. The summed E-state index contributed by atoms with van der Waals surface area (Å²) in [7, 11) is 3.32. The van der Waals surface area contributed by atoms with Gasteiger partial charge in [0.15, 0.2) is 0 Å². The fourth-order valence-corrected chi connectivity index (χ4v) is 3.44. The standard InChI is InChI=1S/C26H38N4O2/c1-5-7-15-30(16-8-6-2)19-22-11-14-24(25(17-22)27-3)29-20-28-18-21-9-12-23(13-10-21)26(31)32-4/h9-14,17,20,27H,5-8,15-16,18-19H2,1-4H3,(H,28,29). The van der Waals surface area contributed by atoms with Gasteiger partial charge in [-0.15, -0.1) is 0 Å². The van der Waals surface area contributed by atoms with E-state index >= 15 is 0 Å². The summed E-state index contributed by atoms with van der Waals surface area (Å²) in [6.45, 7) is 8.31. The monoisotopic (exact) mass is 438 g/mol. The molecule has 0 fully saturated rings. The van der Waals surface area contributed by atoms with Crippen molar-refractivity contribution in [3.63, 3.8) is 0 Å². The molecule has 2 aromatic rings. The second-order valence-electron chi connectivity index (χ2n) is 7.92. The van der Waals surface area contributed by atoms with Crippen LogP contribution in [-0.4, -0.2) is 44.5 Å². The summed E-state index contributed by atoms with van der Waals surface area (Å²) in [5, 5.41) is 6.57. The van der Waals surface area contributed by atoms with Gasteiger partial charge in [-0.25, -0.2) is 4.79 Å². The average Bonchev–Trinajstić information content (AvgIpc) is 2.83. The third-order valence-corrected chi connectivity index (χ3v) is 5.38. The Bertz CT molecular complexity index is 841. The van der Waals surface area contributed by atoms with Crippen molar-refractivity contribution in [1.82, 2.24) is 4.90 Å². The zero-order valence-corrected chi connectivity index (χ0v) is 20.0. The van der Waals surface area contributed by atoms with Crippen molar-refractivity contribution in [3.8, 4) is 0 Å². The van der Waals surface area contributed by atoms with Crippen LogP contribution in [0.1, 0.15) is 61.0 Å².